The van der Waals surface area contributed by atoms with E-state index >= 15 is 0 Å². The summed E-state index contributed by atoms with van der Waals surface area (Å²) in [5.41, 5.74) is 13.1. The van der Waals surface area contributed by atoms with Crippen molar-refractivity contribution >= 4 is 72.3 Å². The van der Waals surface area contributed by atoms with Gasteiger partial charge in [-0.05, 0) is 82.1 Å². The van der Waals surface area contributed by atoms with Crippen LogP contribution in [0.2, 0.25) is 0 Å². The minimum atomic E-state index is 0.642. The molecule has 0 N–H and O–H groups in total. The molecule has 11 aromatic rings. The molecule has 0 atom stereocenters. The van der Waals surface area contributed by atoms with Gasteiger partial charge in [0.25, 0.3) is 0 Å². The summed E-state index contributed by atoms with van der Waals surface area (Å²) >= 11 is 1.83. The first kappa shape index (κ1) is 33.6. The Morgan fingerprint density at radius 3 is 2.02 bits per heavy atom. The van der Waals surface area contributed by atoms with Crippen LogP contribution >= 0.6 is 11.8 Å². The smallest absolute Gasteiger partial charge is 0.235 e. The lowest BCUT2D eigenvalue weighted by Gasteiger charge is -2.33. The second-order valence-corrected chi connectivity index (χ2v) is 16.1. The molecule has 0 saturated carbocycles. The first-order valence-electron chi connectivity index (χ1n) is 19.9. The molecule has 12 rings (SSSR count). The third kappa shape index (κ3) is 5.47. The van der Waals surface area contributed by atoms with Crippen LogP contribution in [0.15, 0.2) is 216 Å². The number of anilines is 3. The fourth-order valence-corrected chi connectivity index (χ4v) is 10.0. The average molecular weight is 771 g/mol. The first-order chi connectivity index (χ1) is 29.3. The van der Waals surface area contributed by atoms with E-state index in [1.165, 1.54) is 48.3 Å². The molecule has 0 bridgehead atoms. The molecule has 0 fully saturated rings. The van der Waals surface area contributed by atoms with E-state index in [2.05, 4.69) is 216 Å². The van der Waals surface area contributed by atoms with Gasteiger partial charge in [-0.15, -0.1) is 0 Å². The molecule has 2 aromatic heterocycles. The van der Waals surface area contributed by atoms with E-state index in [1.807, 2.05) is 11.8 Å². The number of fused-ring (bicyclic) bond motifs is 8. The number of rotatable bonds is 5. The molecule has 3 heterocycles. The molecule has 276 valence electrons. The predicted molar refractivity (Wildman–Crippen MR) is 246 cm³/mol. The van der Waals surface area contributed by atoms with Gasteiger partial charge in [0.1, 0.15) is 0 Å². The quantitative estimate of drug-likeness (QED) is 0.175. The van der Waals surface area contributed by atoms with Gasteiger partial charge in [-0.2, -0.15) is 0 Å². The number of para-hydroxylation sites is 4. The lowest BCUT2D eigenvalue weighted by atomic mass is 9.99. The van der Waals surface area contributed by atoms with Crippen LogP contribution in [0.5, 0.6) is 0 Å². The van der Waals surface area contributed by atoms with Crippen molar-refractivity contribution in [3.63, 3.8) is 0 Å². The Morgan fingerprint density at radius 2 is 1.12 bits per heavy atom. The highest BCUT2D eigenvalue weighted by atomic mass is 32.2. The lowest BCUT2D eigenvalue weighted by molar-refractivity contribution is 1.01. The van der Waals surface area contributed by atoms with E-state index < -0.39 is 0 Å². The molecule has 59 heavy (non-hydrogen) atoms. The summed E-state index contributed by atoms with van der Waals surface area (Å²) in [7, 11) is 0. The highest BCUT2D eigenvalue weighted by Gasteiger charge is 2.27. The summed E-state index contributed by atoms with van der Waals surface area (Å²) in [6.07, 6.45) is 0. The third-order valence-electron chi connectivity index (χ3n) is 11.6. The molecule has 0 saturated heterocycles. The van der Waals surface area contributed by atoms with Crippen LogP contribution in [-0.2, 0) is 0 Å². The monoisotopic (exact) mass is 770 g/mol. The second kappa shape index (κ2) is 13.6. The van der Waals surface area contributed by atoms with Crippen molar-refractivity contribution in [1.82, 2.24) is 14.5 Å². The Balaban J connectivity index is 1.12. The van der Waals surface area contributed by atoms with Gasteiger partial charge in [0.2, 0.25) is 5.95 Å². The van der Waals surface area contributed by atoms with Gasteiger partial charge in [-0.25, -0.2) is 9.97 Å². The van der Waals surface area contributed by atoms with Gasteiger partial charge in [-0.3, -0.25) is 4.57 Å². The van der Waals surface area contributed by atoms with Gasteiger partial charge in [-0.1, -0.05) is 163 Å². The molecule has 0 unspecified atom stereocenters. The van der Waals surface area contributed by atoms with Crippen molar-refractivity contribution in [1.29, 1.82) is 0 Å². The summed E-state index contributed by atoms with van der Waals surface area (Å²) < 4.78 is 2.31. The highest BCUT2D eigenvalue weighted by molar-refractivity contribution is 7.99. The van der Waals surface area contributed by atoms with Crippen molar-refractivity contribution < 1.29 is 0 Å². The molecule has 0 aliphatic carbocycles. The van der Waals surface area contributed by atoms with Crippen LogP contribution in [0.3, 0.4) is 0 Å². The zero-order valence-corrected chi connectivity index (χ0v) is 32.6. The van der Waals surface area contributed by atoms with Gasteiger partial charge < -0.3 is 4.90 Å². The van der Waals surface area contributed by atoms with Crippen molar-refractivity contribution in [2.75, 3.05) is 4.90 Å². The Morgan fingerprint density at radius 1 is 0.424 bits per heavy atom. The summed E-state index contributed by atoms with van der Waals surface area (Å²) in [5, 5.41) is 5.79. The summed E-state index contributed by atoms with van der Waals surface area (Å²) in [4.78, 5) is 15.7. The van der Waals surface area contributed by atoms with Crippen molar-refractivity contribution in [3.8, 4) is 39.5 Å². The zero-order chi connectivity index (χ0) is 38.9. The topological polar surface area (TPSA) is 34.0 Å². The molecule has 0 radical (unpaired) electrons. The van der Waals surface area contributed by atoms with Gasteiger partial charge >= 0.3 is 0 Å². The Bertz CT molecular complexity index is 3430. The Kier molecular flexibility index (Phi) is 7.75. The number of benzene rings is 9. The molecule has 5 heteroatoms. The van der Waals surface area contributed by atoms with Crippen LogP contribution in [0.1, 0.15) is 0 Å². The van der Waals surface area contributed by atoms with Crippen LogP contribution in [0.4, 0.5) is 17.1 Å². The van der Waals surface area contributed by atoms with Gasteiger partial charge in [0, 0.05) is 42.8 Å². The standard InChI is InChI=1S/C54H34N4S/c1-3-15-35(16-4-1)37-18-13-19-39(33-37)52-43-23-9-10-26-45(43)55-54(56-52)58-48-32-29-36-17-7-8-22-41(36)51(48)44-25-14-24-42(53(44)58)38-30-31-47-50(34-38)59-49-28-12-11-27-46(49)57(47)40-20-5-2-6-21-40/h1-34H. The van der Waals surface area contributed by atoms with E-state index in [0.29, 0.717) is 5.95 Å². The van der Waals surface area contributed by atoms with Crippen LogP contribution in [0, 0.1) is 0 Å². The fourth-order valence-electron chi connectivity index (χ4n) is 8.92. The normalized spacial score (nSPS) is 12.3. The zero-order valence-electron chi connectivity index (χ0n) is 31.8. The first-order valence-corrected chi connectivity index (χ1v) is 20.7. The maximum absolute atomic E-state index is 5.54. The van der Waals surface area contributed by atoms with E-state index in [1.54, 1.807) is 0 Å². The lowest BCUT2D eigenvalue weighted by Crippen LogP contribution is -2.14. The van der Waals surface area contributed by atoms with Gasteiger partial charge in [0.05, 0.1) is 33.6 Å². The molecule has 0 amide bonds. The molecule has 9 aromatic carbocycles. The molecule has 1 aliphatic rings. The molecule has 4 nitrogen and oxygen atoms in total. The maximum Gasteiger partial charge on any atom is 0.235 e. The number of nitrogens with zero attached hydrogens (tertiary/aromatic N) is 4. The number of aromatic nitrogens is 3. The second-order valence-electron chi connectivity index (χ2n) is 15.0. The summed E-state index contributed by atoms with van der Waals surface area (Å²) in [6.45, 7) is 0. The molecular formula is C54H34N4S. The van der Waals surface area contributed by atoms with Gasteiger partial charge in [0.15, 0.2) is 0 Å². The van der Waals surface area contributed by atoms with E-state index in [9.17, 15) is 0 Å². The number of hydrogen-bond donors (Lipinski definition) is 0. The van der Waals surface area contributed by atoms with Crippen molar-refractivity contribution in [2.24, 2.45) is 0 Å². The van der Waals surface area contributed by atoms with E-state index in [-0.39, 0.29) is 0 Å². The van der Waals surface area contributed by atoms with Crippen molar-refractivity contribution in [2.45, 2.75) is 9.79 Å². The molecular weight excluding hydrogens is 737 g/mol. The Labute approximate surface area is 345 Å². The average Bonchev–Trinajstić information content (AvgIpc) is 3.66. The fraction of sp³-hybridized carbons (Fsp3) is 0. The molecule has 1 aliphatic heterocycles. The largest absolute Gasteiger partial charge is 0.308 e. The number of hydrogen-bond acceptors (Lipinski definition) is 4. The van der Waals surface area contributed by atoms with Crippen molar-refractivity contribution in [3.05, 3.63) is 206 Å². The molecule has 0 spiro atoms. The van der Waals surface area contributed by atoms with E-state index in [4.69, 9.17) is 9.97 Å². The maximum atomic E-state index is 5.54. The third-order valence-corrected chi connectivity index (χ3v) is 12.7. The SMILES string of the molecule is c1ccc(-c2cccc(-c3nc(-n4c5ccc6ccccc6c5c5cccc(-c6ccc7c(c6)Sc6ccccc6N7c6ccccc6)c54)nc4ccccc34)c2)cc1. The minimum Gasteiger partial charge on any atom is -0.308 e. The van der Waals surface area contributed by atoms with Crippen LogP contribution in [0.25, 0.3) is 82.9 Å². The highest BCUT2D eigenvalue weighted by Crippen LogP contribution is 2.52. The van der Waals surface area contributed by atoms with E-state index in [0.717, 1.165) is 55.6 Å². The summed E-state index contributed by atoms with van der Waals surface area (Å²) in [6, 6.07) is 73.8. The van der Waals surface area contributed by atoms with Crippen LogP contribution < -0.4 is 4.90 Å². The minimum absolute atomic E-state index is 0.642. The van der Waals surface area contributed by atoms with Crippen LogP contribution in [-0.4, -0.2) is 14.5 Å². The predicted octanol–water partition coefficient (Wildman–Crippen LogP) is 14.8. The summed E-state index contributed by atoms with van der Waals surface area (Å²) in [5.74, 6) is 0.642. The Hall–Kier alpha value is -7.47.